The van der Waals surface area contributed by atoms with Crippen molar-refractivity contribution in [3.8, 4) is 0 Å². The molecule has 4 aromatic heterocycles. The number of nitrogens with two attached hydrogens (primary N) is 2. The van der Waals surface area contributed by atoms with Gasteiger partial charge < -0.3 is 160 Å². The van der Waals surface area contributed by atoms with Gasteiger partial charge in [-0.1, -0.05) is 29.7 Å². The molecule has 0 bridgehead atoms. The summed E-state index contributed by atoms with van der Waals surface area (Å²) in [6, 6.07) is -0.816. The van der Waals surface area contributed by atoms with Crippen LogP contribution in [0, 0.1) is 13.8 Å². The van der Waals surface area contributed by atoms with E-state index in [1.165, 1.54) is 53.9 Å². The number of nitrogens with one attached hydrogen (secondary N) is 4. The Morgan fingerprint density at radius 1 is 0.352 bits per heavy atom. The van der Waals surface area contributed by atoms with Gasteiger partial charge in [-0.05, 0) is 41.5 Å². The predicted molar refractivity (Wildman–Crippen MR) is 455 cm³/mol. The highest BCUT2D eigenvalue weighted by Crippen LogP contribution is 2.63. The first-order valence-corrected chi connectivity index (χ1v) is 51.7. The zero-order valence-electron chi connectivity index (χ0n) is 71.5. The van der Waals surface area contributed by atoms with Crippen molar-refractivity contribution in [2.75, 3.05) is 26.4 Å². The first-order valence-electron chi connectivity index (χ1n) is 39.9. The topological polar surface area (TPSA) is 1050 Å². The van der Waals surface area contributed by atoms with Crippen LogP contribution in [0.1, 0.15) is 119 Å². The molecule has 12 rings (SSSR count). The molecule has 4 aromatic rings. The fourth-order valence-electron chi connectivity index (χ4n) is 13.5. The molecule has 40 atom stereocenters. The van der Waals surface area contributed by atoms with Crippen LogP contribution in [0.15, 0.2) is 75.3 Å². The maximum atomic E-state index is 12.1. The van der Waals surface area contributed by atoms with Gasteiger partial charge in [-0.2, -0.15) is 0 Å². The molecule has 0 aliphatic carbocycles. The second kappa shape index (κ2) is 51.5. The van der Waals surface area contributed by atoms with Crippen molar-refractivity contribution in [1.82, 2.24) is 38.2 Å². The largest absolute Gasteiger partial charge is 0.756 e. The molecule has 0 aromatic carbocycles. The summed E-state index contributed by atoms with van der Waals surface area (Å²) in [4.78, 5) is 188. The van der Waals surface area contributed by atoms with Crippen LogP contribution in [-0.4, -0.2) is 327 Å². The zero-order chi connectivity index (χ0) is 103. The second-order valence-electron chi connectivity index (χ2n) is 31.3. The second-order valence-corrected chi connectivity index (χ2v) is 43.1. The summed E-state index contributed by atoms with van der Waals surface area (Å²) < 4.78 is 194. The van der Waals surface area contributed by atoms with Crippen LogP contribution < -0.4 is 76.0 Å². The lowest BCUT2D eigenvalue weighted by Crippen LogP contribution is -2.61. The molecule has 0 radical (unpaired) electrons. The Kier molecular flexibility index (Phi) is 46.2. The van der Waals surface area contributed by atoms with Crippen molar-refractivity contribution in [2.45, 2.75) is 293 Å². The van der Waals surface area contributed by atoms with E-state index in [-0.39, 0.29) is 66.5 Å². The average molecular weight is 2220 g/mol. The van der Waals surface area contributed by atoms with Gasteiger partial charge in [0.15, 0.2) is 37.6 Å². The molecule has 8 aliphatic heterocycles. The van der Waals surface area contributed by atoms with E-state index in [1.54, 1.807) is 0 Å². The van der Waals surface area contributed by atoms with Gasteiger partial charge in [-0.3, -0.25) is 112 Å². The number of hydrogen-bond acceptors (Lipinski definition) is 56. The Balaban J connectivity index is 0.000000331. The molecule has 8 fully saturated rings. The molecule has 142 heavy (non-hydrogen) atoms. The number of aromatic amines is 4. The molecule has 68 nitrogen and oxygen atoms in total. The zero-order valence-corrected chi connectivity index (χ0v) is 78.7. The first-order chi connectivity index (χ1) is 63.6. The van der Waals surface area contributed by atoms with Gasteiger partial charge in [0.05, 0.1) is 99.6 Å². The van der Waals surface area contributed by atoms with Crippen LogP contribution >= 0.6 is 62.6 Å². The van der Waals surface area contributed by atoms with Gasteiger partial charge >= 0.3 is 54.0 Å². The lowest BCUT2D eigenvalue weighted by Gasteiger charge is -2.41. The van der Waals surface area contributed by atoms with E-state index in [1.807, 2.05) is 9.97 Å². The van der Waals surface area contributed by atoms with Crippen LogP contribution in [-0.2, 0) is 128 Å². The quantitative estimate of drug-likeness (QED) is 0.0202. The number of rotatable bonds is 32. The molecule has 0 saturated carbocycles. The maximum Gasteiger partial charge on any atom is 0.478 e. The van der Waals surface area contributed by atoms with Crippen LogP contribution in [0.4, 0.5) is 0 Å². The standard InChI is InChI=1S/C16H27N3O14P2.C16H26N2O14P2.C15H25N3O15P2.C15H24N2O15P2.4CH4/c1-6-4-19(16(24)18-14(6)23)10-3-8(20)9(31-10)5-29-34(25,26)33-35(27,28)32-15-13(22)11(17)12(21)7(2)30-15;1-7-5-18(16(23)17-14(7)22)12-4-9(19)11(30-12)6-28-33(24,25)32-34(26,27)31-15-13(21)10(20)3-8(2)29-15;1-5-9(20)8(16)11(22)14(30-5)32-35(27,28)33-34(25,26)29-4-6-10(21)12(23)13(31-6)18-3-2-7(19)17-15(18)24;1-6-4-7(18)10(20)14(29-6)31-34(26,27)32-33(24,25)28-5-8-11(21)12(22)13(30-8)17-3-2-9(19)16-15(17)23;;;;/h4,7-13,15,20-22H,3,5,17H2,1-2H3,(H,25,26)(H,27,28)(H,18,23,24);5,8-13,15,19-21H,3-4,6H2,1-2H3,(H,24,25)(H,26,27)(H,17,22,23);2-3,5-6,8-14,20-23H,4,16H2,1H3,(H,25,26)(H,27,28)(H,17,19,24);2-3,6-8,10-14,18,20-22H,4-5H2,1H3,(H,24,25)(H,26,27)(H,16,19,23);4*1H4/p-4/t7?,8-,9-,10-,11+,12-,13?,15-;8?,9-,10+,11-,12-,13?,15-;5?,6-,8+,9-,10+,11?,12?,13-,14-;6?,7-,8+,10?,11-,12?,13+,14+;;;;/m1110..../s1. The first kappa shape index (κ1) is 127. The van der Waals surface area contributed by atoms with E-state index in [9.17, 15) is 186 Å². The molecule has 18 unspecified atom stereocenters. The van der Waals surface area contributed by atoms with Gasteiger partial charge in [0.1, 0.15) is 85.7 Å². The third kappa shape index (κ3) is 34.4. The number of phosphoric acid groups is 8. The van der Waals surface area contributed by atoms with Gasteiger partial charge in [0.2, 0.25) is 0 Å². The SMILES string of the molecule is C.C.C.C.CC1C[C@H](O)C(O)[C@@H](OP(=O)([O-])OP(=O)(O)OC[C@H]2O[C@@H](n3ccc(=O)[nH]c3=O)C(O)[C@H]2O)O1.CC1O[C@H](OP(=O)([O-])OP(=O)(O)OC[C@H]2O[C@@H](n3ccc(=O)[nH]c3=O)C(O)[C@H]2O)C(O)[C@@H](N)[C@@H]1O.Cc1cn([C@H]2C[C@@H](O)[C@@H](COP(=O)(O)OP(=O)([O-])O[C@H]3OC(C)C[C@H](O)C3O)O2)c(=O)[nH]c1=O.Cc1cn([C@H]2C[C@@H](O)[C@@H](COP(=O)(O)OP(=O)([O-])O[C@H]3OC(C)[C@@H](O)[C@H](N)C3O)O2)c(=O)[nH]c1=O. The lowest BCUT2D eigenvalue weighted by atomic mass is 9.98. The smallest absolute Gasteiger partial charge is 0.478 e. The van der Waals surface area contributed by atoms with Crippen LogP contribution in [0.5, 0.6) is 0 Å². The summed E-state index contributed by atoms with van der Waals surface area (Å²) in [5.74, 6) is 0. The van der Waals surface area contributed by atoms with Crippen molar-refractivity contribution in [2.24, 2.45) is 11.5 Å². The van der Waals surface area contributed by atoms with Crippen molar-refractivity contribution < 1.29 is 238 Å². The number of ether oxygens (including phenoxy) is 8. The summed E-state index contributed by atoms with van der Waals surface area (Å²) in [6.45, 7) is 4.81. The van der Waals surface area contributed by atoms with E-state index < -0.39 is 330 Å². The van der Waals surface area contributed by atoms with E-state index in [4.69, 9.17) is 49.4 Å². The van der Waals surface area contributed by atoms with E-state index in [0.717, 1.165) is 42.8 Å². The molecule has 26 N–H and O–H groups in total. The molecule has 76 heteroatoms. The third-order valence-corrected chi connectivity index (χ3v) is 30.9. The predicted octanol–water partition coefficient (Wildman–Crippen LogP) is -10.4. The average Bonchev–Trinajstić information content (AvgIpc) is 1.50. The summed E-state index contributed by atoms with van der Waals surface area (Å²) in [5.41, 5.74) is 5.25. The fourth-order valence-corrected chi connectivity index (χ4v) is 22.0. The number of aromatic nitrogens is 8. The molecule has 820 valence electrons. The van der Waals surface area contributed by atoms with Crippen LogP contribution in [0.25, 0.3) is 0 Å². The molecular formula is C66H114N10O58P8-4. The van der Waals surface area contributed by atoms with E-state index in [0.29, 0.717) is 0 Å². The maximum absolute atomic E-state index is 12.1. The number of aryl methyl sites for hydroxylation is 2. The summed E-state index contributed by atoms with van der Waals surface area (Å²) >= 11 is 0. The number of H-pyrrole nitrogens is 4. The number of aliphatic hydroxyl groups is 14. The van der Waals surface area contributed by atoms with Gasteiger partial charge in [-0.25, -0.2) is 54.7 Å². The number of nitrogens with zero attached hydrogens (tertiary/aromatic N) is 4. The van der Waals surface area contributed by atoms with E-state index >= 15 is 0 Å². The van der Waals surface area contributed by atoms with Gasteiger partial charge in [0, 0.05) is 73.7 Å². The summed E-state index contributed by atoms with van der Waals surface area (Å²) in [6.07, 6.45) is -40.2. The van der Waals surface area contributed by atoms with E-state index in [2.05, 4.69) is 63.4 Å². The van der Waals surface area contributed by atoms with Crippen LogP contribution in [0.2, 0.25) is 0 Å². The molecule has 8 saturated heterocycles. The Morgan fingerprint density at radius 2 is 0.620 bits per heavy atom. The van der Waals surface area contributed by atoms with Crippen molar-refractivity contribution in [3.63, 3.8) is 0 Å². The lowest BCUT2D eigenvalue weighted by molar-refractivity contribution is -0.279. The van der Waals surface area contributed by atoms with Crippen molar-refractivity contribution in [1.29, 1.82) is 0 Å². The Hall–Kier alpha value is -5.20. The minimum absolute atomic E-state index is 0. The van der Waals surface area contributed by atoms with Gasteiger partial charge in [-0.15, -0.1) is 0 Å². The Labute approximate surface area is 799 Å². The number of aliphatic hydroxyl groups excluding tert-OH is 14. The van der Waals surface area contributed by atoms with Crippen molar-refractivity contribution >= 4 is 62.6 Å². The Bertz CT molecular complexity index is 5770. The molecule has 12 heterocycles. The summed E-state index contributed by atoms with van der Waals surface area (Å²) in [5, 5.41) is 139. The third-order valence-electron chi connectivity index (χ3n) is 20.6. The number of hydrogen-bond donors (Lipinski definition) is 24. The minimum Gasteiger partial charge on any atom is -0.756 e. The van der Waals surface area contributed by atoms with Crippen molar-refractivity contribution in [3.05, 3.63) is 131 Å². The monoisotopic (exact) mass is 2220 g/mol. The molecular weight excluding hydrogens is 2110 g/mol. The summed E-state index contributed by atoms with van der Waals surface area (Å²) in [7, 11) is -44.2. The van der Waals surface area contributed by atoms with Gasteiger partial charge in [0.25, 0.3) is 53.5 Å². The number of phosphoric ester groups is 8. The molecule has 0 spiro atoms. The molecule has 8 aliphatic rings. The highest BCUT2D eigenvalue weighted by Gasteiger charge is 2.52. The highest BCUT2D eigenvalue weighted by molar-refractivity contribution is 7.62. The Morgan fingerprint density at radius 3 is 0.901 bits per heavy atom. The minimum atomic E-state index is -5.69. The normalized spacial score (nSPS) is 36.3. The van der Waals surface area contributed by atoms with Crippen LogP contribution in [0.3, 0.4) is 0 Å². The highest BCUT2D eigenvalue weighted by atomic mass is 31.3. The fraction of sp³-hybridized carbons (Fsp3) is 0.758. The molecule has 0 amide bonds.